The van der Waals surface area contributed by atoms with Crippen molar-refractivity contribution in [3.05, 3.63) is 0 Å². The largest absolute Gasteiger partial charge is 0.369 e. The summed E-state index contributed by atoms with van der Waals surface area (Å²) in [7, 11) is 0. The van der Waals surface area contributed by atoms with Crippen LogP contribution in [-0.4, -0.2) is 31.0 Å². The average molecular weight is 242 g/mol. The van der Waals surface area contributed by atoms with Crippen LogP contribution in [0.5, 0.6) is 0 Å². The van der Waals surface area contributed by atoms with Crippen LogP contribution < -0.4 is 16.4 Å². The zero-order valence-corrected chi connectivity index (χ0v) is 11.6. The maximum atomic E-state index is 11.2. The first-order valence-electron chi connectivity index (χ1n) is 6.18. The fourth-order valence-corrected chi connectivity index (χ4v) is 1.01. The van der Waals surface area contributed by atoms with Crippen LogP contribution in [0.25, 0.3) is 0 Å². The van der Waals surface area contributed by atoms with E-state index in [1.165, 1.54) is 0 Å². The Morgan fingerprint density at radius 1 is 1.41 bits per heavy atom. The van der Waals surface area contributed by atoms with Gasteiger partial charge in [-0.3, -0.25) is 9.79 Å². The fourth-order valence-electron chi connectivity index (χ4n) is 1.01. The lowest BCUT2D eigenvalue weighted by atomic mass is 9.93. The highest BCUT2D eigenvalue weighted by Gasteiger charge is 2.24. The first-order chi connectivity index (χ1) is 7.83. The lowest BCUT2D eigenvalue weighted by molar-refractivity contribution is -0.125. The molecule has 1 unspecified atom stereocenters. The summed E-state index contributed by atoms with van der Waals surface area (Å²) in [6.45, 7) is 11.0. The Balaban J connectivity index is 4.54. The first-order valence-corrected chi connectivity index (χ1v) is 6.18. The number of carbonyl (C=O) groups excluding carboxylic acids is 1. The maximum Gasteiger partial charge on any atom is 0.224 e. The van der Waals surface area contributed by atoms with Crippen molar-refractivity contribution in [3.8, 4) is 0 Å². The Morgan fingerprint density at radius 2 is 2.00 bits per heavy atom. The highest BCUT2D eigenvalue weighted by molar-refractivity contribution is 5.82. The standard InChI is InChI=1S/C12H26N4O/c1-6-9(3)16-11(14-7-2)15-8-12(4,5)10(13)17/h9H,6-8H2,1-5H3,(H2,13,17)(H2,14,15,16). The lowest BCUT2D eigenvalue weighted by Crippen LogP contribution is -2.43. The minimum atomic E-state index is -0.613. The normalized spacial score (nSPS) is 14.3. The van der Waals surface area contributed by atoms with Crippen molar-refractivity contribution in [3.63, 3.8) is 0 Å². The van der Waals surface area contributed by atoms with E-state index in [0.29, 0.717) is 12.6 Å². The monoisotopic (exact) mass is 242 g/mol. The van der Waals surface area contributed by atoms with Crippen LogP contribution in [0.15, 0.2) is 4.99 Å². The van der Waals surface area contributed by atoms with Crippen molar-refractivity contribution in [1.82, 2.24) is 10.6 Å². The SMILES string of the molecule is CCNC(=NCC(C)(C)C(N)=O)NC(C)CC. The molecule has 0 aromatic carbocycles. The molecule has 0 saturated carbocycles. The van der Waals surface area contributed by atoms with Gasteiger partial charge < -0.3 is 16.4 Å². The van der Waals surface area contributed by atoms with Crippen molar-refractivity contribution in [2.24, 2.45) is 16.1 Å². The van der Waals surface area contributed by atoms with Gasteiger partial charge in [-0.2, -0.15) is 0 Å². The van der Waals surface area contributed by atoms with Gasteiger partial charge in [-0.15, -0.1) is 0 Å². The number of amides is 1. The summed E-state index contributed by atoms with van der Waals surface area (Å²) in [5, 5.41) is 6.41. The van der Waals surface area contributed by atoms with Gasteiger partial charge in [-0.05, 0) is 34.1 Å². The molecule has 1 amide bonds. The summed E-state index contributed by atoms with van der Waals surface area (Å²) in [5.41, 5.74) is 4.70. The van der Waals surface area contributed by atoms with E-state index in [4.69, 9.17) is 5.73 Å². The number of nitrogens with zero attached hydrogens (tertiary/aromatic N) is 1. The van der Waals surface area contributed by atoms with Crippen molar-refractivity contribution in [2.45, 2.75) is 47.1 Å². The molecule has 0 aliphatic carbocycles. The summed E-state index contributed by atoms with van der Waals surface area (Å²) >= 11 is 0. The highest BCUT2D eigenvalue weighted by Crippen LogP contribution is 2.13. The third-order valence-electron chi connectivity index (χ3n) is 2.64. The molecule has 0 aliphatic heterocycles. The molecule has 0 heterocycles. The summed E-state index contributed by atoms with van der Waals surface area (Å²) in [6, 6.07) is 0.351. The number of nitrogens with one attached hydrogen (secondary N) is 2. The second-order valence-corrected chi connectivity index (χ2v) is 4.90. The number of aliphatic imine (C=N–C) groups is 1. The Labute approximate surface area is 104 Å². The summed E-state index contributed by atoms with van der Waals surface area (Å²) in [4.78, 5) is 15.6. The minimum Gasteiger partial charge on any atom is -0.369 e. The van der Waals surface area contributed by atoms with Gasteiger partial charge in [0.05, 0.1) is 12.0 Å². The van der Waals surface area contributed by atoms with E-state index in [-0.39, 0.29) is 5.91 Å². The molecule has 5 nitrogen and oxygen atoms in total. The number of primary amides is 1. The molecule has 0 rings (SSSR count). The van der Waals surface area contributed by atoms with Crippen molar-refractivity contribution in [2.75, 3.05) is 13.1 Å². The second-order valence-electron chi connectivity index (χ2n) is 4.90. The van der Waals surface area contributed by atoms with E-state index in [2.05, 4.69) is 29.5 Å². The average Bonchev–Trinajstić information content (AvgIpc) is 2.26. The number of rotatable bonds is 6. The Morgan fingerprint density at radius 3 is 2.41 bits per heavy atom. The predicted octanol–water partition coefficient (Wildman–Crippen LogP) is 0.852. The molecule has 0 spiro atoms. The predicted molar refractivity (Wildman–Crippen MR) is 71.8 cm³/mol. The molecular formula is C12H26N4O. The van der Waals surface area contributed by atoms with Gasteiger partial charge in [0, 0.05) is 12.6 Å². The van der Waals surface area contributed by atoms with Crippen molar-refractivity contribution in [1.29, 1.82) is 0 Å². The molecule has 17 heavy (non-hydrogen) atoms. The van der Waals surface area contributed by atoms with E-state index in [0.717, 1.165) is 18.9 Å². The van der Waals surface area contributed by atoms with Crippen LogP contribution in [-0.2, 0) is 4.79 Å². The van der Waals surface area contributed by atoms with Crippen molar-refractivity contribution >= 4 is 11.9 Å². The Bertz CT molecular complexity index is 274. The van der Waals surface area contributed by atoms with E-state index in [1.54, 1.807) is 13.8 Å². The summed E-state index contributed by atoms with van der Waals surface area (Å²) in [5.74, 6) is 0.400. The van der Waals surface area contributed by atoms with E-state index < -0.39 is 5.41 Å². The third-order valence-corrected chi connectivity index (χ3v) is 2.64. The van der Waals surface area contributed by atoms with Crippen LogP contribution in [0.4, 0.5) is 0 Å². The van der Waals surface area contributed by atoms with Gasteiger partial charge >= 0.3 is 0 Å². The van der Waals surface area contributed by atoms with Crippen LogP contribution >= 0.6 is 0 Å². The van der Waals surface area contributed by atoms with Gasteiger partial charge in [-0.1, -0.05) is 6.92 Å². The van der Waals surface area contributed by atoms with Crippen molar-refractivity contribution < 1.29 is 4.79 Å². The fraction of sp³-hybridized carbons (Fsp3) is 0.833. The molecule has 1 atom stereocenters. The summed E-state index contributed by atoms with van der Waals surface area (Å²) < 4.78 is 0. The first kappa shape index (κ1) is 15.7. The Kier molecular flexibility index (Phi) is 6.61. The minimum absolute atomic E-state index is 0.333. The third kappa shape index (κ3) is 6.14. The van der Waals surface area contributed by atoms with Gasteiger partial charge in [0.15, 0.2) is 5.96 Å². The number of carbonyl (C=O) groups is 1. The molecule has 0 aromatic heterocycles. The number of nitrogens with two attached hydrogens (primary N) is 1. The van der Waals surface area contributed by atoms with Gasteiger partial charge in [-0.25, -0.2) is 0 Å². The molecule has 4 N–H and O–H groups in total. The quantitative estimate of drug-likeness (QED) is 0.477. The zero-order chi connectivity index (χ0) is 13.5. The number of guanidine groups is 1. The van der Waals surface area contributed by atoms with Gasteiger partial charge in [0.2, 0.25) is 5.91 Å². The maximum absolute atomic E-state index is 11.2. The molecule has 0 aliphatic rings. The number of hydrogen-bond donors (Lipinski definition) is 3. The molecule has 0 saturated heterocycles. The molecule has 0 radical (unpaired) electrons. The molecule has 0 bridgehead atoms. The molecular weight excluding hydrogens is 216 g/mol. The second kappa shape index (κ2) is 7.14. The smallest absolute Gasteiger partial charge is 0.224 e. The number of hydrogen-bond acceptors (Lipinski definition) is 2. The summed E-state index contributed by atoms with van der Waals surface area (Å²) in [6.07, 6.45) is 1.02. The Hall–Kier alpha value is -1.26. The van der Waals surface area contributed by atoms with Crippen LogP contribution in [0.1, 0.15) is 41.0 Å². The lowest BCUT2D eigenvalue weighted by Gasteiger charge is -2.20. The van der Waals surface area contributed by atoms with E-state index in [1.807, 2.05) is 6.92 Å². The van der Waals surface area contributed by atoms with Crippen LogP contribution in [0, 0.1) is 5.41 Å². The molecule has 5 heteroatoms. The van der Waals surface area contributed by atoms with E-state index in [9.17, 15) is 4.79 Å². The molecule has 0 fully saturated rings. The molecule has 0 aromatic rings. The van der Waals surface area contributed by atoms with Crippen LogP contribution in [0.2, 0.25) is 0 Å². The molecule has 100 valence electrons. The van der Waals surface area contributed by atoms with Gasteiger partial charge in [0.1, 0.15) is 0 Å². The van der Waals surface area contributed by atoms with Gasteiger partial charge in [0.25, 0.3) is 0 Å². The zero-order valence-electron chi connectivity index (χ0n) is 11.6. The topological polar surface area (TPSA) is 79.5 Å². The van der Waals surface area contributed by atoms with Crippen LogP contribution in [0.3, 0.4) is 0 Å². The highest BCUT2D eigenvalue weighted by atomic mass is 16.1. The van der Waals surface area contributed by atoms with E-state index >= 15 is 0 Å².